The number of halogens is 1. The molecule has 5 rings (SSSR count). The molecule has 1 aliphatic carbocycles. The fourth-order valence-electron chi connectivity index (χ4n) is 3.60. The number of hydrogen-bond acceptors (Lipinski definition) is 3. The first-order chi connectivity index (χ1) is 12.3. The molecule has 0 spiro atoms. The maximum atomic E-state index is 6.26. The molecule has 0 amide bonds. The Balaban J connectivity index is 1.29. The highest BCUT2D eigenvalue weighted by atomic mass is 35.5. The molecular formula is C20H17ClN4. The van der Waals surface area contributed by atoms with Crippen LogP contribution in [0.15, 0.2) is 54.7 Å². The molecule has 4 aromatic rings. The largest absolute Gasteiger partial charge is 0.253 e. The Hall–Kier alpha value is -2.46. The van der Waals surface area contributed by atoms with E-state index in [-0.39, 0.29) is 0 Å². The van der Waals surface area contributed by atoms with Gasteiger partial charge in [-0.2, -0.15) is 5.10 Å². The monoisotopic (exact) mass is 348 g/mol. The minimum atomic E-state index is 0.582. The van der Waals surface area contributed by atoms with Crippen LogP contribution in [-0.4, -0.2) is 19.6 Å². The molecule has 0 aliphatic heterocycles. The molecule has 124 valence electrons. The molecule has 2 atom stereocenters. The van der Waals surface area contributed by atoms with Crippen molar-refractivity contribution in [3.63, 3.8) is 0 Å². The lowest BCUT2D eigenvalue weighted by atomic mass is 10.1. The van der Waals surface area contributed by atoms with Crippen molar-refractivity contribution in [3.8, 4) is 0 Å². The van der Waals surface area contributed by atoms with Crippen molar-refractivity contribution in [3.05, 3.63) is 71.3 Å². The highest BCUT2D eigenvalue weighted by Crippen LogP contribution is 2.49. The number of hydrogen-bond donors (Lipinski definition) is 0. The summed E-state index contributed by atoms with van der Waals surface area (Å²) in [6, 6.07) is 16.5. The van der Waals surface area contributed by atoms with Gasteiger partial charge in [0.25, 0.3) is 0 Å². The summed E-state index contributed by atoms with van der Waals surface area (Å²) < 4.78 is 1.66. The van der Waals surface area contributed by atoms with Crippen molar-refractivity contribution in [2.24, 2.45) is 5.92 Å². The van der Waals surface area contributed by atoms with Crippen LogP contribution in [0, 0.1) is 5.92 Å². The van der Waals surface area contributed by atoms with Crippen LogP contribution >= 0.6 is 11.6 Å². The summed E-state index contributed by atoms with van der Waals surface area (Å²) >= 11 is 6.26. The Morgan fingerprint density at radius 2 is 2.00 bits per heavy atom. The maximum Gasteiger partial charge on any atom is 0.156 e. The van der Waals surface area contributed by atoms with Gasteiger partial charge in [-0.25, -0.2) is 9.50 Å². The van der Waals surface area contributed by atoms with E-state index in [1.807, 2.05) is 18.2 Å². The zero-order chi connectivity index (χ0) is 16.8. The van der Waals surface area contributed by atoms with Gasteiger partial charge in [0.2, 0.25) is 0 Å². The van der Waals surface area contributed by atoms with E-state index in [1.165, 1.54) is 17.5 Å². The zero-order valence-electron chi connectivity index (χ0n) is 13.6. The van der Waals surface area contributed by atoms with Gasteiger partial charge in [-0.1, -0.05) is 35.9 Å². The van der Waals surface area contributed by atoms with Gasteiger partial charge in [0.05, 0.1) is 11.7 Å². The molecule has 25 heavy (non-hydrogen) atoms. The SMILES string of the molecule is Clc1cc(CC[C@H]2C[C@@H]2c2ccc3ccccc3n2)nc2ccnn12. The molecule has 0 bridgehead atoms. The summed E-state index contributed by atoms with van der Waals surface area (Å²) in [5.41, 5.74) is 4.16. The minimum absolute atomic E-state index is 0.582. The standard InChI is InChI=1S/C20H17ClN4/c21-19-12-15(23-20-9-10-22-25(19)20)7-5-14-11-16(14)18-8-6-13-3-1-2-4-17(13)24-18/h1-4,6,8-10,12,14,16H,5,7,11H2/t14-,16-/m0/s1. The Labute approximate surface area is 150 Å². The number of rotatable bonds is 4. The van der Waals surface area contributed by atoms with Gasteiger partial charge < -0.3 is 0 Å². The van der Waals surface area contributed by atoms with E-state index in [0.717, 1.165) is 29.7 Å². The lowest BCUT2D eigenvalue weighted by molar-refractivity contribution is 0.687. The number of fused-ring (bicyclic) bond motifs is 2. The second-order valence-electron chi connectivity index (χ2n) is 6.74. The number of nitrogens with zero attached hydrogens (tertiary/aromatic N) is 4. The van der Waals surface area contributed by atoms with Gasteiger partial charge in [-0.3, -0.25) is 4.98 Å². The molecular weight excluding hydrogens is 332 g/mol. The highest BCUT2D eigenvalue weighted by Gasteiger charge is 2.38. The summed E-state index contributed by atoms with van der Waals surface area (Å²) in [5.74, 6) is 1.27. The number of benzene rings is 1. The topological polar surface area (TPSA) is 43.1 Å². The number of aromatic nitrogens is 4. The summed E-state index contributed by atoms with van der Waals surface area (Å²) in [6.07, 6.45) is 5.00. The van der Waals surface area contributed by atoms with Gasteiger partial charge in [0.15, 0.2) is 5.65 Å². The molecule has 4 nitrogen and oxygen atoms in total. The minimum Gasteiger partial charge on any atom is -0.253 e. The third kappa shape index (κ3) is 2.76. The average Bonchev–Trinajstić information content (AvgIpc) is 3.26. The van der Waals surface area contributed by atoms with Crippen LogP contribution in [0.3, 0.4) is 0 Å². The van der Waals surface area contributed by atoms with Gasteiger partial charge >= 0.3 is 0 Å². The highest BCUT2D eigenvalue weighted by molar-refractivity contribution is 6.29. The maximum absolute atomic E-state index is 6.26. The summed E-state index contributed by atoms with van der Waals surface area (Å²) in [5, 5.41) is 5.98. The normalized spacial score (nSPS) is 19.6. The van der Waals surface area contributed by atoms with E-state index in [9.17, 15) is 0 Å². The van der Waals surface area contributed by atoms with Gasteiger partial charge in [-0.05, 0) is 43.4 Å². The fraction of sp³-hybridized carbons (Fsp3) is 0.250. The lowest BCUT2D eigenvalue weighted by Gasteiger charge is -2.04. The average molecular weight is 349 g/mol. The van der Waals surface area contributed by atoms with E-state index in [4.69, 9.17) is 16.6 Å². The summed E-state index contributed by atoms with van der Waals surface area (Å²) in [4.78, 5) is 9.48. The van der Waals surface area contributed by atoms with Crippen molar-refractivity contribution < 1.29 is 0 Å². The Kier molecular flexibility index (Phi) is 3.45. The van der Waals surface area contributed by atoms with E-state index >= 15 is 0 Å². The van der Waals surface area contributed by atoms with Crippen LogP contribution < -0.4 is 0 Å². The third-order valence-electron chi connectivity index (χ3n) is 5.06. The Bertz CT molecular complexity index is 1070. The molecule has 1 saturated carbocycles. The Morgan fingerprint density at radius 3 is 2.96 bits per heavy atom. The van der Waals surface area contributed by atoms with E-state index < -0.39 is 0 Å². The molecule has 0 N–H and O–H groups in total. The van der Waals surface area contributed by atoms with Crippen LogP contribution in [0.2, 0.25) is 5.15 Å². The van der Waals surface area contributed by atoms with E-state index in [0.29, 0.717) is 17.0 Å². The van der Waals surface area contributed by atoms with Crippen LogP contribution in [0.25, 0.3) is 16.6 Å². The molecule has 5 heteroatoms. The van der Waals surface area contributed by atoms with Crippen molar-refractivity contribution in [2.75, 3.05) is 0 Å². The van der Waals surface area contributed by atoms with Crippen LogP contribution in [0.1, 0.15) is 30.1 Å². The first-order valence-corrected chi connectivity index (χ1v) is 9.00. The van der Waals surface area contributed by atoms with E-state index in [2.05, 4.69) is 40.4 Å². The Morgan fingerprint density at radius 1 is 1.08 bits per heavy atom. The molecule has 3 heterocycles. The first kappa shape index (κ1) is 14.8. The molecule has 0 unspecified atom stereocenters. The quantitative estimate of drug-likeness (QED) is 0.503. The van der Waals surface area contributed by atoms with Crippen LogP contribution in [0.5, 0.6) is 0 Å². The molecule has 1 aliphatic rings. The predicted octanol–water partition coefficient (Wildman–Crippen LogP) is 4.67. The predicted molar refractivity (Wildman–Crippen MR) is 98.9 cm³/mol. The van der Waals surface area contributed by atoms with Crippen molar-refractivity contribution in [1.82, 2.24) is 19.6 Å². The smallest absolute Gasteiger partial charge is 0.156 e. The van der Waals surface area contributed by atoms with Gasteiger partial charge in [0, 0.05) is 28.8 Å². The summed E-state index contributed by atoms with van der Waals surface area (Å²) in [7, 11) is 0. The fourth-order valence-corrected chi connectivity index (χ4v) is 3.86. The zero-order valence-corrected chi connectivity index (χ0v) is 14.4. The van der Waals surface area contributed by atoms with Gasteiger partial charge in [0.1, 0.15) is 5.15 Å². The lowest BCUT2D eigenvalue weighted by Crippen LogP contribution is -1.98. The molecule has 1 aromatic carbocycles. The van der Waals surface area contributed by atoms with Gasteiger partial charge in [-0.15, -0.1) is 0 Å². The number of aryl methyl sites for hydroxylation is 1. The third-order valence-corrected chi connectivity index (χ3v) is 5.33. The second-order valence-corrected chi connectivity index (χ2v) is 7.13. The first-order valence-electron chi connectivity index (χ1n) is 8.63. The van der Waals surface area contributed by atoms with Crippen molar-refractivity contribution in [2.45, 2.75) is 25.2 Å². The molecule has 1 fully saturated rings. The van der Waals surface area contributed by atoms with Crippen molar-refractivity contribution in [1.29, 1.82) is 0 Å². The summed E-state index contributed by atoms with van der Waals surface area (Å²) in [6.45, 7) is 0. The molecule has 0 saturated heterocycles. The van der Waals surface area contributed by atoms with Crippen LogP contribution in [-0.2, 0) is 6.42 Å². The molecule has 3 aromatic heterocycles. The second kappa shape index (κ2) is 5.81. The van der Waals surface area contributed by atoms with Crippen molar-refractivity contribution >= 4 is 28.2 Å². The number of pyridine rings is 1. The molecule has 0 radical (unpaired) electrons. The van der Waals surface area contributed by atoms with Crippen LogP contribution in [0.4, 0.5) is 0 Å². The number of para-hydroxylation sites is 1. The van der Waals surface area contributed by atoms with E-state index in [1.54, 1.807) is 10.7 Å².